The highest BCUT2D eigenvalue weighted by molar-refractivity contribution is 7.10. The first-order valence-corrected chi connectivity index (χ1v) is 14.4. The molecule has 216 valence electrons. The van der Waals surface area contributed by atoms with E-state index < -0.39 is 40.4 Å². The van der Waals surface area contributed by atoms with E-state index in [9.17, 15) is 24.5 Å². The molecule has 0 fully saturated rings. The first-order chi connectivity index (χ1) is 20.3. The quantitative estimate of drug-likeness (QED) is 0.163. The zero-order chi connectivity index (χ0) is 30.0. The van der Waals surface area contributed by atoms with Crippen LogP contribution in [0, 0.1) is 16.0 Å². The minimum absolute atomic E-state index is 0.0361. The molecular weight excluding hydrogens is 558 g/mol. The van der Waals surface area contributed by atoms with Crippen LogP contribution >= 0.6 is 11.3 Å². The molecule has 0 bridgehead atoms. The first-order valence-electron chi connectivity index (χ1n) is 13.5. The minimum atomic E-state index is -1.19. The molecule has 2 aromatic carbocycles. The molecule has 0 saturated heterocycles. The Morgan fingerprint density at radius 3 is 2.43 bits per heavy atom. The molecule has 1 aliphatic heterocycles. The highest BCUT2D eigenvalue weighted by Gasteiger charge is 2.51. The standard InChI is InChI=1S/C31H29N3O7S/c1-3-40-30(36)25-21(23-14-9-15-42-23)17-22-26(28(25)35)24(18-10-8-13-20(16-18)34(38)39)27(31(37)41-4-2)29(32)33(22)19-11-6-5-7-12-19/h5-16,21,24-25H,3-4,17,32H2,1-2H3/t21-,24-,25+/m0/s1. The number of hydrogen-bond donors (Lipinski definition) is 1. The second kappa shape index (κ2) is 12.0. The van der Waals surface area contributed by atoms with E-state index in [1.807, 2.05) is 35.7 Å². The molecule has 2 aliphatic rings. The monoisotopic (exact) mass is 587 g/mol. The van der Waals surface area contributed by atoms with Gasteiger partial charge in [-0.1, -0.05) is 36.4 Å². The summed E-state index contributed by atoms with van der Waals surface area (Å²) in [6.45, 7) is 3.43. The van der Waals surface area contributed by atoms with Crippen LogP contribution in [-0.2, 0) is 23.9 Å². The highest BCUT2D eigenvalue weighted by Crippen LogP contribution is 2.52. The van der Waals surface area contributed by atoms with Gasteiger partial charge < -0.3 is 15.2 Å². The first kappa shape index (κ1) is 28.7. The molecule has 3 aromatic rings. The summed E-state index contributed by atoms with van der Waals surface area (Å²) >= 11 is 1.43. The number of Topliss-reactive ketones (excluding diaryl/α,β-unsaturated/α-hetero) is 1. The van der Waals surface area contributed by atoms with Crippen molar-refractivity contribution in [3.8, 4) is 0 Å². The number of non-ortho nitro benzene ring substituents is 1. The third-order valence-electron chi connectivity index (χ3n) is 7.41. The lowest BCUT2D eigenvalue weighted by Gasteiger charge is -2.43. The van der Waals surface area contributed by atoms with Crippen LogP contribution in [-0.4, -0.2) is 35.9 Å². The van der Waals surface area contributed by atoms with E-state index in [1.165, 1.54) is 29.5 Å². The summed E-state index contributed by atoms with van der Waals surface area (Å²) in [6.07, 6.45) is 0.224. The molecule has 2 heterocycles. The number of ether oxygens (including phenoxy) is 2. The van der Waals surface area contributed by atoms with Gasteiger partial charge in [0, 0.05) is 39.9 Å². The summed E-state index contributed by atoms with van der Waals surface area (Å²) in [5, 5.41) is 13.6. The summed E-state index contributed by atoms with van der Waals surface area (Å²) in [4.78, 5) is 55.3. The highest BCUT2D eigenvalue weighted by atomic mass is 32.1. The summed E-state index contributed by atoms with van der Waals surface area (Å²) in [5.74, 6) is -4.78. The number of esters is 2. The van der Waals surface area contributed by atoms with Crippen molar-refractivity contribution in [1.82, 2.24) is 0 Å². The molecule has 0 unspecified atom stereocenters. The Bertz CT molecular complexity index is 1600. The van der Waals surface area contributed by atoms with E-state index in [4.69, 9.17) is 15.2 Å². The van der Waals surface area contributed by atoms with Crippen LogP contribution in [0.1, 0.15) is 42.5 Å². The second-order valence-electron chi connectivity index (χ2n) is 9.76. The number of benzene rings is 2. The number of nitro benzene ring substituents is 1. The van der Waals surface area contributed by atoms with Gasteiger partial charge in [0.2, 0.25) is 0 Å². The number of allylic oxidation sites excluding steroid dienone is 2. The van der Waals surface area contributed by atoms with Gasteiger partial charge in [0.25, 0.3) is 5.69 Å². The number of rotatable bonds is 8. The fourth-order valence-corrected chi connectivity index (χ4v) is 6.60. The Morgan fingerprint density at radius 1 is 1.05 bits per heavy atom. The number of nitro groups is 1. The fourth-order valence-electron chi connectivity index (χ4n) is 5.73. The molecule has 42 heavy (non-hydrogen) atoms. The number of para-hydroxylation sites is 1. The number of carbonyl (C=O) groups excluding carboxylic acids is 3. The lowest BCUT2D eigenvalue weighted by atomic mass is 9.68. The van der Waals surface area contributed by atoms with Crippen molar-refractivity contribution in [3.05, 3.63) is 115 Å². The molecule has 2 N–H and O–H groups in total. The molecule has 0 spiro atoms. The van der Waals surface area contributed by atoms with Gasteiger partial charge in [-0.25, -0.2) is 4.79 Å². The van der Waals surface area contributed by atoms with E-state index in [2.05, 4.69) is 0 Å². The number of nitrogens with two attached hydrogens (primary N) is 1. The number of anilines is 1. The molecule has 10 nitrogen and oxygen atoms in total. The van der Waals surface area contributed by atoms with Gasteiger partial charge in [-0.2, -0.15) is 0 Å². The van der Waals surface area contributed by atoms with E-state index >= 15 is 0 Å². The maximum atomic E-state index is 14.7. The number of thiophene rings is 1. The summed E-state index contributed by atoms with van der Waals surface area (Å²) < 4.78 is 10.8. The number of hydrogen-bond acceptors (Lipinski definition) is 10. The van der Waals surface area contributed by atoms with Crippen LogP contribution in [0.2, 0.25) is 0 Å². The minimum Gasteiger partial charge on any atom is -0.465 e. The van der Waals surface area contributed by atoms with Crippen molar-refractivity contribution < 1.29 is 28.8 Å². The van der Waals surface area contributed by atoms with Gasteiger partial charge >= 0.3 is 11.9 Å². The van der Waals surface area contributed by atoms with Crippen LogP contribution in [0.4, 0.5) is 11.4 Å². The number of carbonyl (C=O) groups is 3. The van der Waals surface area contributed by atoms with E-state index in [0.29, 0.717) is 16.9 Å². The molecule has 1 aliphatic carbocycles. The van der Waals surface area contributed by atoms with Gasteiger partial charge in [-0.05, 0) is 49.4 Å². The molecule has 3 atom stereocenters. The van der Waals surface area contributed by atoms with Gasteiger partial charge in [0.05, 0.1) is 29.6 Å². The van der Waals surface area contributed by atoms with Crippen LogP contribution in [0.5, 0.6) is 0 Å². The lowest BCUT2D eigenvalue weighted by molar-refractivity contribution is -0.384. The van der Waals surface area contributed by atoms with Crippen molar-refractivity contribution in [1.29, 1.82) is 0 Å². The number of nitrogens with zero attached hydrogens (tertiary/aromatic N) is 2. The second-order valence-corrected chi connectivity index (χ2v) is 10.7. The molecule has 5 rings (SSSR count). The Morgan fingerprint density at radius 2 is 1.79 bits per heavy atom. The maximum absolute atomic E-state index is 14.7. The largest absolute Gasteiger partial charge is 0.465 e. The van der Waals surface area contributed by atoms with Crippen LogP contribution in [0.3, 0.4) is 0 Å². The predicted molar refractivity (Wildman–Crippen MR) is 156 cm³/mol. The number of ketones is 1. The van der Waals surface area contributed by atoms with Crippen LogP contribution in [0.25, 0.3) is 0 Å². The molecular formula is C31H29N3O7S. The summed E-state index contributed by atoms with van der Waals surface area (Å²) in [5.41, 5.74) is 8.13. The van der Waals surface area contributed by atoms with E-state index in [1.54, 1.807) is 36.9 Å². The summed E-state index contributed by atoms with van der Waals surface area (Å²) in [6, 6.07) is 18.5. The van der Waals surface area contributed by atoms with Gasteiger partial charge in [0.1, 0.15) is 11.7 Å². The topological polar surface area (TPSA) is 142 Å². The van der Waals surface area contributed by atoms with Gasteiger partial charge in [-0.15, -0.1) is 11.3 Å². The van der Waals surface area contributed by atoms with Crippen molar-refractivity contribution in [3.63, 3.8) is 0 Å². The molecule has 0 saturated carbocycles. The normalized spacial score (nSPS) is 20.3. The zero-order valence-corrected chi connectivity index (χ0v) is 23.8. The molecule has 1 aromatic heterocycles. The average molecular weight is 588 g/mol. The average Bonchev–Trinajstić information content (AvgIpc) is 3.52. The third-order valence-corrected chi connectivity index (χ3v) is 8.42. The van der Waals surface area contributed by atoms with Crippen molar-refractivity contribution in [2.45, 2.75) is 32.1 Å². The molecule has 0 radical (unpaired) electrons. The van der Waals surface area contributed by atoms with Crippen molar-refractivity contribution >= 4 is 40.4 Å². The zero-order valence-electron chi connectivity index (χ0n) is 23.0. The molecule has 0 amide bonds. The van der Waals surface area contributed by atoms with Crippen LogP contribution in [0.15, 0.2) is 94.8 Å². The van der Waals surface area contributed by atoms with E-state index in [-0.39, 0.29) is 42.3 Å². The Kier molecular flexibility index (Phi) is 8.21. The maximum Gasteiger partial charge on any atom is 0.338 e. The van der Waals surface area contributed by atoms with Crippen molar-refractivity contribution in [2.75, 3.05) is 18.1 Å². The Hall–Kier alpha value is -4.77. The van der Waals surface area contributed by atoms with Crippen LogP contribution < -0.4 is 10.6 Å². The SMILES string of the molecule is CCOC(=O)C1=C(N)N(c2ccccc2)C2=C(C(=O)[C@H](C(=O)OCC)[C@H](c3cccs3)C2)[C@@H]1c1cccc([N+](=O)[O-])c1. The predicted octanol–water partition coefficient (Wildman–Crippen LogP) is 5.18. The van der Waals surface area contributed by atoms with Gasteiger partial charge in [0.15, 0.2) is 5.78 Å². The lowest BCUT2D eigenvalue weighted by Crippen LogP contribution is -2.46. The Balaban J connectivity index is 1.82. The van der Waals surface area contributed by atoms with E-state index in [0.717, 1.165) is 4.88 Å². The summed E-state index contributed by atoms with van der Waals surface area (Å²) in [7, 11) is 0. The van der Waals surface area contributed by atoms with Gasteiger partial charge in [-0.3, -0.25) is 24.6 Å². The molecule has 11 heteroatoms. The smallest absolute Gasteiger partial charge is 0.338 e. The third kappa shape index (κ3) is 5.07. The Labute approximate surface area is 246 Å². The van der Waals surface area contributed by atoms with Crippen molar-refractivity contribution in [2.24, 2.45) is 11.7 Å². The fraction of sp³-hybridized carbons (Fsp3) is 0.258.